The van der Waals surface area contributed by atoms with Crippen LogP contribution in [0.3, 0.4) is 0 Å². The van der Waals surface area contributed by atoms with Gasteiger partial charge in [-0.25, -0.2) is 0 Å². The number of hydrogen-bond acceptors (Lipinski definition) is 4. The van der Waals surface area contributed by atoms with Crippen molar-refractivity contribution in [2.75, 3.05) is 54.5 Å². The van der Waals surface area contributed by atoms with Crippen molar-refractivity contribution in [1.82, 2.24) is 9.80 Å². The van der Waals surface area contributed by atoms with Crippen LogP contribution in [0.5, 0.6) is 11.5 Å². The van der Waals surface area contributed by atoms with Crippen molar-refractivity contribution < 1.29 is 9.47 Å². The van der Waals surface area contributed by atoms with Gasteiger partial charge in [0.1, 0.15) is 0 Å². The fraction of sp³-hybridized carbons (Fsp3) is 0.647. The van der Waals surface area contributed by atoms with Crippen LogP contribution in [0.25, 0.3) is 0 Å². The summed E-state index contributed by atoms with van der Waals surface area (Å²) in [4.78, 5) is 4.33. The molecule has 1 aromatic rings. The van der Waals surface area contributed by atoms with E-state index in [4.69, 9.17) is 9.47 Å². The molecule has 1 rings (SSSR count). The summed E-state index contributed by atoms with van der Waals surface area (Å²) in [5.74, 6) is 1.71. The first-order valence-corrected chi connectivity index (χ1v) is 7.64. The fourth-order valence-corrected chi connectivity index (χ4v) is 1.97. The predicted octanol–water partition coefficient (Wildman–Crippen LogP) is 2.66. The molecule has 4 heteroatoms. The molecular formula is C17H30N2O2. The number of rotatable bonds is 10. The van der Waals surface area contributed by atoms with Crippen molar-refractivity contribution in [3.63, 3.8) is 0 Å². The standard InChI is InChI=1S/C17H30N2O2/c1-15-8-9-16(20-12-6-10-18(2)3)17(14-15)21-13-7-11-19(4)5/h8-9,14H,6-7,10-13H2,1-5H3. The van der Waals surface area contributed by atoms with Crippen molar-refractivity contribution in [2.24, 2.45) is 0 Å². The van der Waals surface area contributed by atoms with Crippen LogP contribution >= 0.6 is 0 Å². The molecule has 0 saturated carbocycles. The topological polar surface area (TPSA) is 24.9 Å². The Hall–Kier alpha value is -1.26. The van der Waals surface area contributed by atoms with Gasteiger partial charge in [0, 0.05) is 13.1 Å². The Morgan fingerprint density at radius 1 is 0.810 bits per heavy atom. The maximum Gasteiger partial charge on any atom is 0.161 e. The smallest absolute Gasteiger partial charge is 0.161 e. The van der Waals surface area contributed by atoms with Gasteiger partial charge in [0.05, 0.1) is 13.2 Å². The van der Waals surface area contributed by atoms with Gasteiger partial charge in [-0.2, -0.15) is 0 Å². The van der Waals surface area contributed by atoms with Gasteiger partial charge < -0.3 is 19.3 Å². The molecule has 0 amide bonds. The molecule has 0 bridgehead atoms. The second kappa shape index (κ2) is 9.64. The van der Waals surface area contributed by atoms with E-state index >= 15 is 0 Å². The molecule has 0 aliphatic rings. The minimum Gasteiger partial charge on any atom is -0.490 e. The van der Waals surface area contributed by atoms with Crippen LogP contribution < -0.4 is 9.47 Å². The quantitative estimate of drug-likeness (QED) is 0.619. The highest BCUT2D eigenvalue weighted by molar-refractivity contribution is 5.42. The van der Waals surface area contributed by atoms with Crippen molar-refractivity contribution in [3.8, 4) is 11.5 Å². The lowest BCUT2D eigenvalue weighted by atomic mass is 10.2. The Bertz CT molecular complexity index is 406. The van der Waals surface area contributed by atoms with E-state index in [0.29, 0.717) is 0 Å². The highest BCUT2D eigenvalue weighted by Gasteiger charge is 2.06. The van der Waals surface area contributed by atoms with Crippen molar-refractivity contribution >= 4 is 0 Å². The summed E-state index contributed by atoms with van der Waals surface area (Å²) in [5, 5.41) is 0. The Morgan fingerprint density at radius 3 is 1.86 bits per heavy atom. The van der Waals surface area contributed by atoms with Crippen molar-refractivity contribution in [1.29, 1.82) is 0 Å². The largest absolute Gasteiger partial charge is 0.490 e. The molecular weight excluding hydrogens is 264 g/mol. The normalized spacial score (nSPS) is 11.2. The minimum absolute atomic E-state index is 0.718. The molecule has 0 heterocycles. The van der Waals surface area contributed by atoms with E-state index in [2.05, 4.69) is 57.0 Å². The summed E-state index contributed by atoms with van der Waals surface area (Å²) in [6, 6.07) is 6.12. The molecule has 0 saturated heterocycles. The van der Waals surface area contributed by atoms with Gasteiger partial charge in [-0.15, -0.1) is 0 Å². The lowest BCUT2D eigenvalue weighted by Crippen LogP contribution is -2.16. The number of benzene rings is 1. The van der Waals surface area contributed by atoms with Gasteiger partial charge in [-0.05, 0) is 65.7 Å². The molecule has 0 N–H and O–H groups in total. The monoisotopic (exact) mass is 294 g/mol. The molecule has 0 radical (unpaired) electrons. The van der Waals surface area contributed by atoms with E-state index in [-0.39, 0.29) is 0 Å². The van der Waals surface area contributed by atoms with Crippen LogP contribution in [0.4, 0.5) is 0 Å². The number of nitrogens with zero attached hydrogens (tertiary/aromatic N) is 2. The first kappa shape index (κ1) is 17.8. The Morgan fingerprint density at radius 2 is 1.33 bits per heavy atom. The second-order valence-electron chi connectivity index (χ2n) is 5.96. The van der Waals surface area contributed by atoms with E-state index in [9.17, 15) is 0 Å². The Labute approximate surface area is 129 Å². The number of aryl methyl sites for hydroxylation is 1. The molecule has 4 nitrogen and oxygen atoms in total. The zero-order valence-electron chi connectivity index (χ0n) is 14.2. The molecule has 21 heavy (non-hydrogen) atoms. The third-order valence-corrected chi connectivity index (χ3v) is 3.11. The van der Waals surface area contributed by atoms with E-state index < -0.39 is 0 Å². The molecule has 0 aromatic heterocycles. The van der Waals surface area contributed by atoms with Crippen LogP contribution in [-0.2, 0) is 0 Å². The lowest BCUT2D eigenvalue weighted by molar-refractivity contribution is 0.244. The summed E-state index contributed by atoms with van der Waals surface area (Å²) in [5.41, 5.74) is 1.19. The third-order valence-electron chi connectivity index (χ3n) is 3.11. The first-order chi connectivity index (χ1) is 9.99. The van der Waals surface area contributed by atoms with Crippen LogP contribution in [0.15, 0.2) is 18.2 Å². The number of hydrogen-bond donors (Lipinski definition) is 0. The Kier molecular flexibility index (Phi) is 8.16. The van der Waals surface area contributed by atoms with Crippen LogP contribution in [-0.4, -0.2) is 64.3 Å². The van der Waals surface area contributed by atoms with Gasteiger partial charge in [0.25, 0.3) is 0 Å². The van der Waals surface area contributed by atoms with Gasteiger partial charge >= 0.3 is 0 Å². The summed E-state index contributed by atoms with van der Waals surface area (Å²) in [6.45, 7) is 5.57. The summed E-state index contributed by atoms with van der Waals surface area (Å²) >= 11 is 0. The lowest BCUT2D eigenvalue weighted by Gasteiger charge is -2.15. The van der Waals surface area contributed by atoms with E-state index in [1.165, 1.54) is 5.56 Å². The predicted molar refractivity (Wildman–Crippen MR) is 88.5 cm³/mol. The van der Waals surface area contributed by atoms with Gasteiger partial charge in [-0.1, -0.05) is 6.07 Å². The minimum atomic E-state index is 0.718. The summed E-state index contributed by atoms with van der Waals surface area (Å²) in [7, 11) is 8.30. The van der Waals surface area contributed by atoms with Crippen LogP contribution in [0.2, 0.25) is 0 Å². The molecule has 0 unspecified atom stereocenters. The second-order valence-corrected chi connectivity index (χ2v) is 5.96. The average molecular weight is 294 g/mol. The molecule has 120 valence electrons. The highest BCUT2D eigenvalue weighted by atomic mass is 16.5. The summed E-state index contributed by atoms with van der Waals surface area (Å²) < 4.78 is 11.7. The maximum atomic E-state index is 5.88. The van der Waals surface area contributed by atoms with E-state index in [1.54, 1.807) is 0 Å². The first-order valence-electron chi connectivity index (χ1n) is 7.64. The third kappa shape index (κ3) is 7.93. The highest BCUT2D eigenvalue weighted by Crippen LogP contribution is 2.28. The molecule has 0 aliphatic heterocycles. The zero-order valence-corrected chi connectivity index (χ0v) is 14.2. The SMILES string of the molecule is Cc1ccc(OCCCN(C)C)c(OCCCN(C)C)c1. The van der Waals surface area contributed by atoms with Crippen LogP contribution in [0.1, 0.15) is 18.4 Å². The zero-order chi connectivity index (χ0) is 15.7. The number of ether oxygens (including phenoxy) is 2. The van der Waals surface area contributed by atoms with Crippen molar-refractivity contribution in [3.05, 3.63) is 23.8 Å². The molecule has 0 spiro atoms. The molecule has 0 fully saturated rings. The van der Waals surface area contributed by atoms with Gasteiger partial charge in [0.2, 0.25) is 0 Å². The maximum absolute atomic E-state index is 5.88. The van der Waals surface area contributed by atoms with E-state index in [1.807, 2.05) is 6.07 Å². The molecule has 0 atom stereocenters. The van der Waals surface area contributed by atoms with Crippen molar-refractivity contribution in [2.45, 2.75) is 19.8 Å². The van der Waals surface area contributed by atoms with Crippen LogP contribution in [0, 0.1) is 6.92 Å². The molecule has 0 aliphatic carbocycles. The summed E-state index contributed by atoms with van der Waals surface area (Å²) in [6.07, 6.45) is 2.03. The average Bonchev–Trinajstić information content (AvgIpc) is 2.41. The Balaban J connectivity index is 2.46. The van der Waals surface area contributed by atoms with E-state index in [0.717, 1.165) is 50.6 Å². The molecule has 1 aromatic carbocycles. The van der Waals surface area contributed by atoms with Gasteiger partial charge in [0.15, 0.2) is 11.5 Å². The fourth-order valence-electron chi connectivity index (χ4n) is 1.97. The van der Waals surface area contributed by atoms with Gasteiger partial charge in [-0.3, -0.25) is 0 Å².